The van der Waals surface area contributed by atoms with E-state index in [9.17, 15) is 0 Å². The number of nitrogens with zero attached hydrogens (tertiary/aromatic N) is 1. The molecule has 0 aliphatic rings. The van der Waals surface area contributed by atoms with Gasteiger partial charge in [0.15, 0.2) is 0 Å². The molecule has 0 saturated heterocycles. The lowest BCUT2D eigenvalue weighted by Gasteiger charge is -2.30. The van der Waals surface area contributed by atoms with Crippen molar-refractivity contribution in [2.45, 2.75) is 103 Å². The van der Waals surface area contributed by atoms with E-state index in [4.69, 9.17) is 11.1 Å². The topological polar surface area (TPSA) is 0 Å². The van der Waals surface area contributed by atoms with Crippen LogP contribution < -0.4 is 0 Å². The highest BCUT2D eigenvalue weighted by atomic mass is 35.6. The Kier molecular flexibility index (Phi) is 19.8. The van der Waals surface area contributed by atoms with Gasteiger partial charge in [-0.05, 0) is 12.8 Å². The Balaban J connectivity index is 0.00000352. The number of hydrogen-bond acceptors (Lipinski definition) is 0. The Hall–Kier alpha value is -0.313. The Morgan fingerprint density at radius 1 is 0.643 bits per heavy atom. The highest BCUT2D eigenvalue weighted by Gasteiger charge is 2.14. The minimum atomic E-state index is 0.778. The Morgan fingerprint density at radius 2 is 1.04 bits per heavy atom. The van der Waals surface area contributed by atoms with Crippen molar-refractivity contribution in [1.82, 2.24) is 0 Å². The molecule has 0 atom stereocenters. The molecule has 164 valence electrons. The van der Waals surface area contributed by atoms with Crippen molar-refractivity contribution >= 4 is 20.6 Å². The number of hydrogen-bond donors (Lipinski definition) is 0. The fourth-order valence-electron chi connectivity index (χ4n) is 3.89. The lowest BCUT2D eigenvalue weighted by Crippen LogP contribution is -2.39. The summed E-state index contributed by atoms with van der Waals surface area (Å²) in [7, 11) is 5.52. The minimum Gasteiger partial charge on any atom is -0.325 e. The average Bonchev–Trinajstić information content (AvgIpc) is 2.70. The van der Waals surface area contributed by atoms with E-state index in [1.807, 2.05) is 0 Å². The first-order valence-corrected chi connectivity index (χ1v) is 14.9. The van der Waals surface area contributed by atoms with E-state index in [1.54, 1.807) is 0 Å². The van der Waals surface area contributed by atoms with Crippen molar-refractivity contribution in [2.24, 2.45) is 0 Å². The van der Waals surface area contributed by atoms with Crippen molar-refractivity contribution < 1.29 is 4.48 Å². The van der Waals surface area contributed by atoms with Gasteiger partial charge < -0.3 is 4.48 Å². The summed E-state index contributed by atoms with van der Waals surface area (Å²) in [6, 6.07) is 10.9. The van der Waals surface area contributed by atoms with Crippen molar-refractivity contribution in [3.05, 3.63) is 35.9 Å². The minimum absolute atomic E-state index is 0.778. The van der Waals surface area contributed by atoms with Crippen molar-refractivity contribution in [2.75, 3.05) is 20.6 Å². The molecule has 0 aliphatic carbocycles. The van der Waals surface area contributed by atoms with E-state index in [0.717, 1.165) is 20.6 Å². The molecule has 0 aromatic heterocycles. The third-order valence-corrected chi connectivity index (χ3v) is 5.57. The summed E-state index contributed by atoms with van der Waals surface area (Å²) in [6.07, 6.45) is 20.2. The van der Waals surface area contributed by atoms with Gasteiger partial charge in [-0.15, -0.1) is 0 Å². The van der Waals surface area contributed by atoms with Gasteiger partial charge in [0.25, 0.3) is 0 Å². The van der Waals surface area contributed by atoms with Gasteiger partial charge in [0, 0.05) is 5.56 Å². The van der Waals surface area contributed by atoms with E-state index in [2.05, 4.69) is 51.4 Å². The number of rotatable bonds is 17. The predicted molar refractivity (Wildman–Crippen MR) is 133 cm³/mol. The zero-order chi connectivity index (χ0) is 20.9. The number of unbranched alkanes of at least 4 members (excludes halogenated alkanes) is 13. The second kappa shape index (κ2) is 20.0. The third kappa shape index (κ3) is 17.8. The molecule has 0 amide bonds. The van der Waals surface area contributed by atoms with Crippen LogP contribution in [0.5, 0.6) is 0 Å². The maximum absolute atomic E-state index is 4.78. The molecule has 0 N–H and O–H groups in total. The normalized spacial score (nSPS) is 11.3. The summed E-state index contributed by atoms with van der Waals surface area (Å²) >= 11 is 4.78. The van der Waals surface area contributed by atoms with Gasteiger partial charge in [0.2, 0.25) is 0 Å². The molecule has 3 heteroatoms. The van der Waals surface area contributed by atoms with Crippen LogP contribution in [-0.4, -0.2) is 34.7 Å². The quantitative estimate of drug-likeness (QED) is 0.106. The lowest BCUT2D eigenvalue weighted by molar-refractivity contribution is -0.903. The molecular weight excluding hydrogens is 378 g/mol. The van der Waals surface area contributed by atoms with Crippen molar-refractivity contribution in [3.63, 3.8) is 0 Å². The third-order valence-electron chi connectivity index (χ3n) is 5.57. The van der Waals surface area contributed by atoms with Gasteiger partial charge in [-0.1, -0.05) is 114 Å². The zero-order valence-corrected chi connectivity index (χ0v) is 22.3. The molecule has 0 spiro atoms. The summed E-state index contributed by atoms with van der Waals surface area (Å²) < 4.78 is 1.11. The summed E-state index contributed by atoms with van der Waals surface area (Å²) in [5.41, 5.74) is 1.46. The van der Waals surface area contributed by atoms with E-state index < -0.39 is 0 Å². The van der Waals surface area contributed by atoms with Gasteiger partial charge in [0.1, 0.15) is 16.1 Å². The van der Waals surface area contributed by atoms with Crippen molar-refractivity contribution in [3.8, 4) is 0 Å². The molecule has 1 aromatic carbocycles. The summed E-state index contributed by atoms with van der Waals surface area (Å²) in [4.78, 5) is 0. The molecule has 1 aromatic rings. The van der Waals surface area contributed by atoms with Crippen molar-refractivity contribution in [1.29, 1.82) is 0 Å². The first kappa shape index (κ1) is 27.7. The molecule has 0 bridgehead atoms. The fourth-order valence-corrected chi connectivity index (χ4v) is 3.89. The SMILES string of the molecule is CCCCCCCCCCCCCCCC[N+](C)(C)Cc1ccccc1.[SiH3]Cl. The van der Waals surface area contributed by atoms with Crippen LogP contribution >= 0.6 is 11.1 Å². The van der Waals surface area contributed by atoms with Crippen LogP contribution in [0.15, 0.2) is 30.3 Å². The zero-order valence-electron chi connectivity index (χ0n) is 19.5. The number of halogens is 1. The second-order valence-electron chi connectivity index (χ2n) is 8.90. The van der Waals surface area contributed by atoms with Gasteiger partial charge in [-0.2, -0.15) is 11.1 Å². The van der Waals surface area contributed by atoms with Crippen LogP contribution in [0.3, 0.4) is 0 Å². The Morgan fingerprint density at radius 3 is 1.46 bits per heavy atom. The molecule has 0 saturated carbocycles. The smallest absolute Gasteiger partial charge is 0.109 e. The largest absolute Gasteiger partial charge is 0.325 e. The number of benzene rings is 1. The Bertz CT molecular complexity index is 422. The van der Waals surface area contributed by atoms with Crippen LogP contribution in [0.4, 0.5) is 0 Å². The van der Waals surface area contributed by atoms with Gasteiger partial charge in [-0.25, -0.2) is 0 Å². The molecule has 0 radical (unpaired) electrons. The van der Waals surface area contributed by atoms with E-state index in [-0.39, 0.29) is 0 Å². The monoisotopic (exact) mass is 426 g/mol. The van der Waals surface area contributed by atoms with Gasteiger partial charge in [-0.3, -0.25) is 0 Å². The molecule has 0 aliphatic heterocycles. The average molecular weight is 427 g/mol. The van der Waals surface area contributed by atoms with Gasteiger partial charge >= 0.3 is 0 Å². The van der Waals surface area contributed by atoms with E-state index >= 15 is 0 Å². The molecule has 1 rings (SSSR count). The fraction of sp³-hybridized carbons (Fsp3) is 0.760. The summed E-state index contributed by atoms with van der Waals surface area (Å²) in [6.45, 7) is 4.75. The molecule has 28 heavy (non-hydrogen) atoms. The lowest BCUT2D eigenvalue weighted by atomic mass is 10.0. The van der Waals surface area contributed by atoms with Crippen LogP contribution in [-0.2, 0) is 6.54 Å². The molecule has 0 heterocycles. The van der Waals surface area contributed by atoms with E-state index in [0.29, 0.717) is 0 Å². The maximum Gasteiger partial charge on any atom is 0.109 e. The highest BCUT2D eigenvalue weighted by molar-refractivity contribution is 6.80. The highest BCUT2D eigenvalue weighted by Crippen LogP contribution is 2.14. The number of quaternary nitrogens is 1. The Labute approximate surface area is 185 Å². The maximum atomic E-state index is 4.78. The van der Waals surface area contributed by atoms with Crippen LogP contribution in [0.1, 0.15) is 102 Å². The standard InChI is InChI=1S/C25H46N.ClH3Si/c1-4-5-6-7-8-9-10-11-12-13-14-15-16-20-23-26(2,3)24-25-21-18-17-19-22-25;1-2/h17-19,21-22H,4-16,20,23-24H2,1-3H3;2H3/q+1;. The second-order valence-corrected chi connectivity index (χ2v) is 8.90. The molecule has 0 unspecified atom stereocenters. The van der Waals surface area contributed by atoms with Gasteiger partial charge in [0.05, 0.1) is 20.6 Å². The van der Waals surface area contributed by atoms with Crippen LogP contribution in [0.25, 0.3) is 0 Å². The molecule has 0 fully saturated rings. The summed E-state index contributed by atoms with van der Waals surface area (Å²) in [5, 5.41) is 0. The first-order chi connectivity index (χ1) is 13.6. The van der Waals surface area contributed by atoms with E-state index in [1.165, 1.54) is 102 Å². The van der Waals surface area contributed by atoms with Crippen LogP contribution in [0.2, 0.25) is 0 Å². The van der Waals surface area contributed by atoms with Crippen LogP contribution in [0, 0.1) is 0 Å². The molecular formula is C25H49ClNSi+. The first-order valence-electron chi connectivity index (χ1n) is 11.9. The molecule has 1 nitrogen and oxygen atoms in total. The predicted octanol–water partition coefficient (Wildman–Crippen LogP) is 7.25. The summed E-state index contributed by atoms with van der Waals surface area (Å²) in [5.74, 6) is 0.